The number of nitrogens with zero attached hydrogens (tertiary/aromatic N) is 1. The first-order valence-corrected chi connectivity index (χ1v) is 4.95. The van der Waals surface area contributed by atoms with E-state index >= 15 is 0 Å². The number of hydrogen-bond donors (Lipinski definition) is 0. The minimum absolute atomic E-state index is 0.545. The van der Waals surface area contributed by atoms with Crippen molar-refractivity contribution in [2.45, 2.75) is 41.5 Å². The summed E-state index contributed by atoms with van der Waals surface area (Å²) in [5.41, 5.74) is 2.36. The van der Waals surface area contributed by atoms with Crippen LogP contribution in [0.15, 0.2) is 29.4 Å². The Hall–Kier alpha value is -0.850. The lowest BCUT2D eigenvalue weighted by Gasteiger charge is -2.08. The Bertz CT molecular complexity index is 185. The fourth-order valence-electron chi connectivity index (χ4n) is 1.17. The molecule has 0 N–H and O–H groups in total. The van der Waals surface area contributed by atoms with Crippen LogP contribution in [0.1, 0.15) is 41.5 Å². The zero-order valence-electron chi connectivity index (χ0n) is 9.89. The fraction of sp³-hybridized carbons (Fsp3) is 0.583. The molecular weight excluding hydrogens is 158 g/mol. The molecule has 13 heavy (non-hydrogen) atoms. The van der Waals surface area contributed by atoms with E-state index in [1.165, 1.54) is 5.57 Å². The highest BCUT2D eigenvalue weighted by Crippen LogP contribution is 2.11. The van der Waals surface area contributed by atoms with Gasteiger partial charge in [0.25, 0.3) is 0 Å². The van der Waals surface area contributed by atoms with E-state index in [0.29, 0.717) is 5.92 Å². The van der Waals surface area contributed by atoms with Crippen LogP contribution in [0.3, 0.4) is 0 Å². The van der Waals surface area contributed by atoms with Gasteiger partial charge >= 0.3 is 0 Å². The van der Waals surface area contributed by atoms with E-state index < -0.39 is 0 Å². The van der Waals surface area contributed by atoms with Gasteiger partial charge in [-0.2, -0.15) is 0 Å². The molecule has 0 fully saturated rings. The van der Waals surface area contributed by atoms with E-state index in [1.807, 2.05) is 27.7 Å². The van der Waals surface area contributed by atoms with Crippen molar-refractivity contribution in [1.29, 1.82) is 0 Å². The number of hydrogen-bond acceptors (Lipinski definition) is 1. The van der Waals surface area contributed by atoms with Crippen molar-refractivity contribution < 1.29 is 0 Å². The van der Waals surface area contributed by atoms with Gasteiger partial charge in [0.1, 0.15) is 0 Å². The molecule has 0 atom stereocenters. The third-order valence-electron chi connectivity index (χ3n) is 1.64. The van der Waals surface area contributed by atoms with E-state index in [2.05, 4.69) is 31.5 Å². The molecule has 0 aromatic rings. The molecule has 0 aliphatic heterocycles. The Labute approximate surface area is 83.3 Å². The molecule has 0 amide bonds. The molecule has 0 spiro atoms. The highest BCUT2D eigenvalue weighted by molar-refractivity contribution is 5.98. The molecule has 0 saturated carbocycles. The first kappa shape index (κ1) is 14.7. The topological polar surface area (TPSA) is 12.4 Å². The summed E-state index contributed by atoms with van der Waals surface area (Å²) in [6.45, 7) is 15.9. The van der Waals surface area contributed by atoms with E-state index in [0.717, 1.165) is 5.71 Å². The van der Waals surface area contributed by atoms with Crippen molar-refractivity contribution in [2.75, 3.05) is 0 Å². The molecule has 0 aromatic carbocycles. The largest absolute Gasteiger partial charge is 0.262 e. The van der Waals surface area contributed by atoms with Crippen LogP contribution in [0.2, 0.25) is 0 Å². The van der Waals surface area contributed by atoms with Crippen LogP contribution in [-0.4, -0.2) is 5.71 Å². The van der Waals surface area contributed by atoms with Gasteiger partial charge in [-0.3, -0.25) is 4.99 Å². The molecule has 0 saturated heterocycles. The molecule has 1 heteroatoms. The van der Waals surface area contributed by atoms with Crippen LogP contribution in [-0.2, 0) is 0 Å². The van der Waals surface area contributed by atoms with Crippen molar-refractivity contribution in [1.82, 2.24) is 0 Å². The van der Waals surface area contributed by atoms with Gasteiger partial charge < -0.3 is 0 Å². The van der Waals surface area contributed by atoms with Crippen LogP contribution in [0, 0.1) is 5.92 Å². The van der Waals surface area contributed by atoms with Crippen molar-refractivity contribution in [3.8, 4) is 0 Å². The Balaban J connectivity index is 0. The second-order valence-corrected chi connectivity index (χ2v) is 2.80. The van der Waals surface area contributed by atoms with Crippen molar-refractivity contribution in [2.24, 2.45) is 10.9 Å². The van der Waals surface area contributed by atoms with Crippen molar-refractivity contribution in [3.05, 3.63) is 24.4 Å². The minimum atomic E-state index is 0.545. The molecule has 0 rings (SSSR count). The third-order valence-corrected chi connectivity index (χ3v) is 1.64. The van der Waals surface area contributed by atoms with Crippen molar-refractivity contribution in [3.63, 3.8) is 0 Å². The summed E-state index contributed by atoms with van der Waals surface area (Å²) in [6, 6.07) is 0. The Morgan fingerprint density at radius 1 is 1.31 bits per heavy atom. The molecule has 76 valence electrons. The van der Waals surface area contributed by atoms with E-state index in [9.17, 15) is 0 Å². The lowest BCUT2D eigenvalue weighted by Crippen LogP contribution is -2.03. The van der Waals surface area contributed by atoms with Crippen molar-refractivity contribution >= 4 is 5.71 Å². The minimum Gasteiger partial charge on any atom is -0.262 e. The smallest absolute Gasteiger partial charge is 0.0403 e. The summed E-state index contributed by atoms with van der Waals surface area (Å²) >= 11 is 0. The van der Waals surface area contributed by atoms with Crippen LogP contribution in [0.4, 0.5) is 0 Å². The maximum atomic E-state index is 4.13. The molecule has 0 aromatic heterocycles. The summed E-state index contributed by atoms with van der Waals surface area (Å²) < 4.78 is 0. The number of allylic oxidation sites excluding steroid dienone is 2. The molecule has 0 heterocycles. The SMILES string of the molecule is C=CN=C(C)/C(=C\C)C(C)C.CC. The first-order valence-electron chi connectivity index (χ1n) is 4.95. The maximum Gasteiger partial charge on any atom is 0.0403 e. The molecular formula is C12H23N. The predicted molar refractivity (Wildman–Crippen MR) is 63.2 cm³/mol. The lowest BCUT2D eigenvalue weighted by atomic mass is 9.99. The summed E-state index contributed by atoms with van der Waals surface area (Å²) in [5, 5.41) is 0. The first-order chi connectivity index (χ1) is 6.13. The van der Waals surface area contributed by atoms with Gasteiger partial charge in [-0.1, -0.05) is 40.3 Å². The number of aliphatic imine (C=N–C) groups is 1. The zero-order chi connectivity index (χ0) is 10.9. The highest BCUT2D eigenvalue weighted by Gasteiger charge is 2.03. The van der Waals surface area contributed by atoms with Gasteiger partial charge in [0.15, 0.2) is 0 Å². The molecule has 0 aliphatic rings. The molecule has 1 nitrogen and oxygen atoms in total. The molecule has 0 unspecified atom stereocenters. The van der Waals surface area contributed by atoms with Crippen LogP contribution >= 0.6 is 0 Å². The van der Waals surface area contributed by atoms with Gasteiger partial charge in [0, 0.05) is 11.9 Å². The van der Waals surface area contributed by atoms with Gasteiger partial charge in [-0.05, 0) is 25.3 Å². The third kappa shape index (κ3) is 6.32. The normalized spacial score (nSPS) is 12.2. The summed E-state index contributed by atoms with van der Waals surface area (Å²) in [7, 11) is 0. The van der Waals surface area contributed by atoms with Crippen LogP contribution < -0.4 is 0 Å². The maximum absolute atomic E-state index is 4.13. The fourth-order valence-corrected chi connectivity index (χ4v) is 1.17. The van der Waals surface area contributed by atoms with Gasteiger partial charge in [-0.25, -0.2) is 0 Å². The second kappa shape index (κ2) is 9.24. The average Bonchev–Trinajstić information content (AvgIpc) is 2.09. The predicted octanol–water partition coefficient (Wildman–Crippen LogP) is 4.22. The summed E-state index contributed by atoms with van der Waals surface area (Å²) in [5.74, 6) is 0.545. The van der Waals surface area contributed by atoms with Gasteiger partial charge in [-0.15, -0.1) is 0 Å². The van der Waals surface area contributed by atoms with Gasteiger partial charge in [0.2, 0.25) is 0 Å². The molecule has 0 aliphatic carbocycles. The summed E-state index contributed by atoms with van der Waals surface area (Å²) in [4.78, 5) is 4.13. The Morgan fingerprint density at radius 3 is 2.00 bits per heavy atom. The van der Waals surface area contributed by atoms with E-state index in [4.69, 9.17) is 0 Å². The average molecular weight is 181 g/mol. The Kier molecular flexibility index (Phi) is 10.4. The van der Waals surface area contributed by atoms with Crippen LogP contribution in [0.5, 0.6) is 0 Å². The van der Waals surface area contributed by atoms with Gasteiger partial charge in [0.05, 0.1) is 0 Å². The lowest BCUT2D eigenvalue weighted by molar-refractivity contribution is 0.800. The van der Waals surface area contributed by atoms with Crippen LogP contribution in [0.25, 0.3) is 0 Å². The summed E-state index contributed by atoms with van der Waals surface area (Å²) in [6.07, 6.45) is 3.69. The number of rotatable bonds is 3. The quantitative estimate of drug-likeness (QED) is 0.578. The molecule has 0 bridgehead atoms. The molecule has 0 radical (unpaired) electrons. The van der Waals surface area contributed by atoms with E-state index in [1.54, 1.807) is 6.20 Å². The standard InChI is InChI=1S/C10H17N.C2H6/c1-6-10(8(3)4)9(5)11-7-2;1-2/h6-8H,2H2,1,3-5H3;1-2H3/b10-6-,11-9?;. The van der Waals surface area contributed by atoms with E-state index in [-0.39, 0.29) is 0 Å². The Morgan fingerprint density at radius 2 is 1.77 bits per heavy atom. The zero-order valence-corrected chi connectivity index (χ0v) is 9.89. The monoisotopic (exact) mass is 181 g/mol. The second-order valence-electron chi connectivity index (χ2n) is 2.80. The highest BCUT2D eigenvalue weighted by atomic mass is 14.7.